The van der Waals surface area contributed by atoms with Crippen LogP contribution in [-0.2, 0) is 19.6 Å². The molecule has 1 aromatic rings. The lowest BCUT2D eigenvalue weighted by Crippen LogP contribution is -2.38. The lowest BCUT2D eigenvalue weighted by atomic mass is 10.3. The van der Waals surface area contributed by atoms with Gasteiger partial charge >= 0.3 is 0 Å². The number of benzene rings is 1. The van der Waals surface area contributed by atoms with E-state index in [2.05, 4.69) is 10.0 Å². The number of rotatable bonds is 11. The van der Waals surface area contributed by atoms with Crippen LogP contribution in [0.25, 0.3) is 0 Å². The quantitative estimate of drug-likeness (QED) is 0.582. The number of hydrogen-bond acceptors (Lipinski definition) is 5. The second-order valence-electron chi connectivity index (χ2n) is 5.44. The predicted octanol–water partition coefficient (Wildman–Crippen LogP) is 1.29. The minimum atomic E-state index is -3.50. The van der Waals surface area contributed by atoms with Crippen LogP contribution in [-0.4, -0.2) is 47.2 Å². The van der Waals surface area contributed by atoms with Crippen molar-refractivity contribution >= 4 is 15.9 Å². The topological polar surface area (TPSA) is 93.7 Å². The van der Waals surface area contributed by atoms with E-state index < -0.39 is 10.0 Å². The first-order chi connectivity index (χ1) is 11.4. The molecule has 0 saturated carbocycles. The first-order valence-electron chi connectivity index (χ1n) is 7.90. The van der Waals surface area contributed by atoms with Crippen molar-refractivity contribution in [2.45, 2.75) is 37.6 Å². The SMILES string of the molecule is CCCCNS(=O)(=O)c1ccc(OCC(=O)N[C@H](C)COC)cc1. The first-order valence-corrected chi connectivity index (χ1v) is 9.38. The highest BCUT2D eigenvalue weighted by Crippen LogP contribution is 2.15. The molecule has 0 bridgehead atoms. The monoisotopic (exact) mass is 358 g/mol. The maximum absolute atomic E-state index is 12.0. The highest BCUT2D eigenvalue weighted by atomic mass is 32.2. The average Bonchev–Trinajstić information content (AvgIpc) is 2.53. The van der Waals surface area contributed by atoms with Gasteiger partial charge in [0.2, 0.25) is 10.0 Å². The highest BCUT2D eigenvalue weighted by Gasteiger charge is 2.13. The molecule has 0 aliphatic heterocycles. The van der Waals surface area contributed by atoms with E-state index in [0.29, 0.717) is 18.9 Å². The van der Waals surface area contributed by atoms with Crippen molar-refractivity contribution in [3.8, 4) is 5.75 Å². The molecule has 0 spiro atoms. The van der Waals surface area contributed by atoms with E-state index in [9.17, 15) is 13.2 Å². The molecule has 0 saturated heterocycles. The summed E-state index contributed by atoms with van der Waals surface area (Å²) in [6.45, 7) is 4.51. The molecule has 24 heavy (non-hydrogen) atoms. The van der Waals surface area contributed by atoms with Crippen LogP contribution in [0, 0.1) is 0 Å². The lowest BCUT2D eigenvalue weighted by molar-refractivity contribution is -0.124. The summed E-state index contributed by atoms with van der Waals surface area (Å²) < 4.78 is 36.9. The number of methoxy groups -OCH3 is 1. The predicted molar refractivity (Wildman–Crippen MR) is 91.5 cm³/mol. The van der Waals surface area contributed by atoms with Gasteiger partial charge in [-0.1, -0.05) is 13.3 Å². The van der Waals surface area contributed by atoms with Gasteiger partial charge in [0.25, 0.3) is 5.91 Å². The van der Waals surface area contributed by atoms with Crippen molar-refractivity contribution in [3.05, 3.63) is 24.3 Å². The molecule has 1 amide bonds. The number of ether oxygens (including phenoxy) is 2. The number of unbranched alkanes of at least 4 members (excludes halogenated alkanes) is 1. The summed E-state index contributed by atoms with van der Waals surface area (Å²) in [4.78, 5) is 11.8. The van der Waals surface area contributed by atoms with Crippen molar-refractivity contribution in [2.75, 3.05) is 26.9 Å². The molecule has 0 aliphatic rings. The van der Waals surface area contributed by atoms with Gasteiger partial charge in [-0.3, -0.25) is 4.79 Å². The van der Waals surface area contributed by atoms with Crippen LogP contribution in [0.15, 0.2) is 29.2 Å². The fraction of sp³-hybridized carbons (Fsp3) is 0.562. The van der Waals surface area contributed by atoms with Gasteiger partial charge in [0.1, 0.15) is 5.75 Å². The molecule has 0 aliphatic carbocycles. The van der Waals surface area contributed by atoms with E-state index in [0.717, 1.165) is 12.8 Å². The summed E-state index contributed by atoms with van der Waals surface area (Å²) in [6.07, 6.45) is 1.71. The molecular formula is C16H26N2O5S. The van der Waals surface area contributed by atoms with Crippen LogP contribution in [0.3, 0.4) is 0 Å². The molecule has 8 heteroatoms. The Morgan fingerprint density at radius 3 is 2.50 bits per heavy atom. The normalized spacial score (nSPS) is 12.6. The Morgan fingerprint density at radius 1 is 1.25 bits per heavy atom. The Hall–Kier alpha value is -1.64. The minimum absolute atomic E-state index is 0.104. The Bertz CT molecular complexity index is 601. The van der Waals surface area contributed by atoms with E-state index in [1.165, 1.54) is 24.3 Å². The minimum Gasteiger partial charge on any atom is -0.484 e. The van der Waals surface area contributed by atoms with E-state index in [1.807, 2.05) is 13.8 Å². The second kappa shape index (κ2) is 10.3. The first kappa shape index (κ1) is 20.4. The maximum Gasteiger partial charge on any atom is 0.258 e. The molecule has 1 atom stereocenters. The zero-order chi connectivity index (χ0) is 18.0. The number of amides is 1. The Kier molecular flexibility index (Phi) is 8.73. The van der Waals surface area contributed by atoms with Gasteiger partial charge in [-0.2, -0.15) is 0 Å². The molecule has 0 fully saturated rings. The summed E-state index contributed by atoms with van der Waals surface area (Å²) in [7, 11) is -1.94. The molecule has 0 heterocycles. The maximum atomic E-state index is 12.0. The van der Waals surface area contributed by atoms with E-state index in [1.54, 1.807) is 7.11 Å². The van der Waals surface area contributed by atoms with Gasteiger partial charge in [0, 0.05) is 19.7 Å². The van der Waals surface area contributed by atoms with Crippen molar-refractivity contribution in [1.29, 1.82) is 0 Å². The van der Waals surface area contributed by atoms with Gasteiger partial charge < -0.3 is 14.8 Å². The largest absolute Gasteiger partial charge is 0.484 e. The fourth-order valence-corrected chi connectivity index (χ4v) is 3.01. The molecule has 7 nitrogen and oxygen atoms in total. The molecule has 1 aromatic carbocycles. The Morgan fingerprint density at radius 2 is 1.92 bits per heavy atom. The zero-order valence-corrected chi connectivity index (χ0v) is 15.2. The van der Waals surface area contributed by atoms with Gasteiger partial charge in [-0.25, -0.2) is 13.1 Å². The van der Waals surface area contributed by atoms with Crippen LogP contribution < -0.4 is 14.8 Å². The summed E-state index contributed by atoms with van der Waals surface area (Å²) in [6, 6.07) is 5.86. The highest BCUT2D eigenvalue weighted by molar-refractivity contribution is 7.89. The number of sulfonamides is 1. The third kappa shape index (κ3) is 7.29. The third-order valence-electron chi connectivity index (χ3n) is 3.15. The van der Waals surface area contributed by atoms with Crippen LogP contribution >= 0.6 is 0 Å². The summed E-state index contributed by atoms with van der Waals surface area (Å²) in [5.74, 6) is 0.162. The second-order valence-corrected chi connectivity index (χ2v) is 7.20. The Labute approximate surface area is 143 Å². The molecule has 0 aromatic heterocycles. The van der Waals surface area contributed by atoms with Crippen LogP contribution in [0.1, 0.15) is 26.7 Å². The number of hydrogen-bond donors (Lipinski definition) is 2. The molecule has 2 N–H and O–H groups in total. The van der Waals surface area contributed by atoms with Crippen molar-refractivity contribution in [1.82, 2.24) is 10.0 Å². The molecule has 136 valence electrons. The molecule has 1 rings (SSSR count). The fourth-order valence-electron chi connectivity index (χ4n) is 1.94. The Balaban J connectivity index is 2.51. The summed E-state index contributed by atoms with van der Waals surface area (Å²) in [5, 5.41) is 2.72. The van der Waals surface area contributed by atoms with Crippen LogP contribution in [0.5, 0.6) is 5.75 Å². The lowest BCUT2D eigenvalue weighted by Gasteiger charge is -2.13. The number of carbonyl (C=O) groups is 1. The standard InChI is InChI=1S/C16H26N2O5S/c1-4-5-10-17-24(20,21)15-8-6-14(7-9-15)23-12-16(19)18-13(2)11-22-3/h6-9,13,17H,4-5,10-12H2,1-3H3,(H,18,19)/t13-/m1/s1. The van der Waals surface area contributed by atoms with Crippen LogP contribution in [0.4, 0.5) is 0 Å². The van der Waals surface area contributed by atoms with Crippen molar-refractivity contribution in [2.24, 2.45) is 0 Å². The van der Waals surface area contributed by atoms with Gasteiger partial charge in [0.05, 0.1) is 11.5 Å². The van der Waals surface area contributed by atoms with E-state index in [-0.39, 0.29) is 23.5 Å². The summed E-state index contributed by atoms with van der Waals surface area (Å²) in [5.41, 5.74) is 0. The molecule has 0 radical (unpaired) electrons. The molecule has 0 unspecified atom stereocenters. The van der Waals surface area contributed by atoms with E-state index >= 15 is 0 Å². The van der Waals surface area contributed by atoms with Gasteiger partial charge in [-0.05, 0) is 37.6 Å². The average molecular weight is 358 g/mol. The van der Waals surface area contributed by atoms with Gasteiger partial charge in [-0.15, -0.1) is 0 Å². The molecular weight excluding hydrogens is 332 g/mol. The van der Waals surface area contributed by atoms with Gasteiger partial charge in [0.15, 0.2) is 6.61 Å². The van der Waals surface area contributed by atoms with E-state index in [4.69, 9.17) is 9.47 Å². The van der Waals surface area contributed by atoms with Crippen molar-refractivity contribution in [3.63, 3.8) is 0 Å². The smallest absolute Gasteiger partial charge is 0.258 e. The number of carbonyl (C=O) groups excluding carboxylic acids is 1. The third-order valence-corrected chi connectivity index (χ3v) is 4.63. The zero-order valence-electron chi connectivity index (χ0n) is 14.4. The van der Waals surface area contributed by atoms with Crippen LogP contribution in [0.2, 0.25) is 0 Å². The van der Waals surface area contributed by atoms with Crippen molar-refractivity contribution < 1.29 is 22.7 Å². The summed E-state index contributed by atoms with van der Waals surface area (Å²) >= 11 is 0. The number of nitrogens with one attached hydrogen (secondary N) is 2.